The molecule has 4 heteroatoms. The monoisotopic (exact) mass is 291 g/mol. The Balaban J connectivity index is 2.25. The number of ether oxygens (including phenoxy) is 2. The molecule has 0 spiro atoms. The zero-order chi connectivity index (χ0) is 14.5. The summed E-state index contributed by atoms with van der Waals surface area (Å²) >= 11 is 6.23. The molecule has 0 heterocycles. The van der Waals surface area contributed by atoms with E-state index in [0.717, 1.165) is 22.8 Å². The molecule has 0 aliphatic rings. The molecule has 0 radical (unpaired) electrons. The van der Waals surface area contributed by atoms with Gasteiger partial charge in [0.2, 0.25) is 0 Å². The number of nitrogens with two attached hydrogens (primary N) is 1. The predicted octanol–water partition coefficient (Wildman–Crippen LogP) is 4.03. The van der Waals surface area contributed by atoms with Crippen LogP contribution in [-0.4, -0.2) is 13.2 Å². The highest BCUT2D eigenvalue weighted by Crippen LogP contribution is 2.31. The number of halogens is 1. The lowest BCUT2D eigenvalue weighted by molar-refractivity contribution is 0.412. The van der Waals surface area contributed by atoms with Crippen LogP contribution in [0, 0.1) is 0 Å². The predicted molar refractivity (Wildman–Crippen MR) is 81.9 cm³/mol. The third-order valence-electron chi connectivity index (χ3n) is 2.89. The molecule has 1 atom stereocenters. The lowest BCUT2D eigenvalue weighted by Crippen LogP contribution is -2.18. The molecule has 0 fully saturated rings. The van der Waals surface area contributed by atoms with Crippen molar-refractivity contribution in [3.8, 4) is 17.2 Å². The van der Waals surface area contributed by atoms with Gasteiger partial charge in [0, 0.05) is 16.6 Å². The van der Waals surface area contributed by atoms with Crippen LogP contribution in [0.3, 0.4) is 0 Å². The summed E-state index contributed by atoms with van der Waals surface area (Å²) < 4.78 is 11.0. The van der Waals surface area contributed by atoms with E-state index in [1.54, 1.807) is 7.11 Å². The fraction of sp³-hybridized carbons (Fsp3) is 0.250. The Bertz CT molecular complexity index is 567. The van der Waals surface area contributed by atoms with Crippen molar-refractivity contribution in [2.75, 3.05) is 7.11 Å². The van der Waals surface area contributed by atoms with Crippen LogP contribution < -0.4 is 15.2 Å². The molecule has 2 aromatic carbocycles. The molecule has 0 aromatic heterocycles. The topological polar surface area (TPSA) is 44.5 Å². The molecule has 0 bridgehead atoms. The van der Waals surface area contributed by atoms with Crippen molar-refractivity contribution in [3.05, 3.63) is 53.1 Å². The highest BCUT2D eigenvalue weighted by atomic mass is 35.5. The molecular formula is C16H18ClNO2. The maximum Gasteiger partial charge on any atom is 0.132 e. The summed E-state index contributed by atoms with van der Waals surface area (Å²) in [5.41, 5.74) is 6.79. The Labute approximate surface area is 124 Å². The fourth-order valence-corrected chi connectivity index (χ4v) is 2.17. The van der Waals surface area contributed by atoms with Gasteiger partial charge in [-0.15, -0.1) is 0 Å². The van der Waals surface area contributed by atoms with Gasteiger partial charge in [-0.05, 0) is 49.7 Å². The van der Waals surface area contributed by atoms with Crippen molar-refractivity contribution in [2.45, 2.75) is 19.4 Å². The molecule has 2 N–H and O–H groups in total. The molecule has 3 nitrogen and oxygen atoms in total. The Morgan fingerprint density at radius 2 is 1.75 bits per heavy atom. The van der Waals surface area contributed by atoms with Gasteiger partial charge >= 0.3 is 0 Å². The van der Waals surface area contributed by atoms with Crippen molar-refractivity contribution in [1.29, 1.82) is 0 Å². The zero-order valence-electron chi connectivity index (χ0n) is 11.6. The van der Waals surface area contributed by atoms with Crippen LogP contribution in [0.15, 0.2) is 42.5 Å². The van der Waals surface area contributed by atoms with Crippen molar-refractivity contribution in [2.24, 2.45) is 5.73 Å². The van der Waals surface area contributed by atoms with E-state index >= 15 is 0 Å². The summed E-state index contributed by atoms with van der Waals surface area (Å²) in [7, 11) is 1.63. The van der Waals surface area contributed by atoms with Crippen molar-refractivity contribution < 1.29 is 9.47 Å². The normalized spacial score (nSPS) is 12.0. The van der Waals surface area contributed by atoms with Gasteiger partial charge in [0.1, 0.15) is 17.2 Å². The maximum atomic E-state index is 6.23. The minimum atomic E-state index is 0.0214. The van der Waals surface area contributed by atoms with E-state index < -0.39 is 0 Å². The SMILES string of the molecule is COc1ccc(Oc2cccc(Cl)c2CC(C)N)cc1. The molecule has 0 aliphatic carbocycles. The molecular weight excluding hydrogens is 274 g/mol. The molecule has 1 unspecified atom stereocenters. The molecule has 20 heavy (non-hydrogen) atoms. The second-order valence-electron chi connectivity index (χ2n) is 4.68. The van der Waals surface area contributed by atoms with E-state index in [2.05, 4.69) is 0 Å². The van der Waals surface area contributed by atoms with E-state index in [-0.39, 0.29) is 6.04 Å². The summed E-state index contributed by atoms with van der Waals surface area (Å²) in [6.07, 6.45) is 0.672. The third kappa shape index (κ3) is 3.65. The first-order valence-corrected chi connectivity index (χ1v) is 6.83. The first kappa shape index (κ1) is 14.7. The van der Waals surface area contributed by atoms with Crippen LogP contribution in [0.25, 0.3) is 0 Å². The Hall–Kier alpha value is -1.71. The van der Waals surface area contributed by atoms with Gasteiger partial charge in [-0.3, -0.25) is 0 Å². The quantitative estimate of drug-likeness (QED) is 0.904. The molecule has 0 aliphatic heterocycles. The minimum Gasteiger partial charge on any atom is -0.497 e. The van der Waals surface area contributed by atoms with Gasteiger partial charge in [0.15, 0.2) is 0 Å². The molecule has 2 aromatic rings. The molecule has 106 valence electrons. The smallest absolute Gasteiger partial charge is 0.132 e. The Morgan fingerprint density at radius 1 is 1.10 bits per heavy atom. The van der Waals surface area contributed by atoms with E-state index in [4.69, 9.17) is 26.8 Å². The van der Waals surface area contributed by atoms with Gasteiger partial charge in [-0.2, -0.15) is 0 Å². The lowest BCUT2D eigenvalue weighted by atomic mass is 10.1. The Morgan fingerprint density at radius 3 is 2.35 bits per heavy atom. The summed E-state index contributed by atoms with van der Waals surface area (Å²) in [4.78, 5) is 0. The molecule has 0 saturated carbocycles. The summed E-state index contributed by atoms with van der Waals surface area (Å²) in [6.45, 7) is 1.94. The van der Waals surface area contributed by atoms with E-state index in [1.165, 1.54) is 0 Å². The second-order valence-corrected chi connectivity index (χ2v) is 5.08. The second kappa shape index (κ2) is 6.64. The Kier molecular flexibility index (Phi) is 4.88. The molecule has 0 amide bonds. The van der Waals surface area contributed by atoms with Gasteiger partial charge in [0.05, 0.1) is 7.11 Å². The summed E-state index contributed by atoms with van der Waals surface area (Å²) in [6, 6.07) is 13.1. The number of hydrogen-bond donors (Lipinski definition) is 1. The van der Waals surface area contributed by atoms with Gasteiger partial charge in [-0.25, -0.2) is 0 Å². The van der Waals surface area contributed by atoms with Crippen LogP contribution in [0.1, 0.15) is 12.5 Å². The maximum absolute atomic E-state index is 6.23. The van der Waals surface area contributed by atoms with Gasteiger partial charge < -0.3 is 15.2 Å². The first-order chi connectivity index (χ1) is 9.60. The third-order valence-corrected chi connectivity index (χ3v) is 3.24. The van der Waals surface area contributed by atoms with Crippen LogP contribution in [0.4, 0.5) is 0 Å². The molecule has 0 saturated heterocycles. The van der Waals surface area contributed by atoms with Gasteiger partial charge in [-0.1, -0.05) is 17.7 Å². The number of benzene rings is 2. The minimum absolute atomic E-state index is 0.0214. The van der Waals surface area contributed by atoms with Crippen molar-refractivity contribution in [3.63, 3.8) is 0 Å². The fourth-order valence-electron chi connectivity index (χ4n) is 1.93. The standard InChI is InChI=1S/C16H18ClNO2/c1-11(18)10-14-15(17)4-3-5-16(14)20-13-8-6-12(19-2)7-9-13/h3-9,11H,10,18H2,1-2H3. The average molecular weight is 292 g/mol. The van der Waals surface area contributed by atoms with Crippen LogP contribution >= 0.6 is 11.6 Å². The van der Waals surface area contributed by atoms with E-state index in [1.807, 2.05) is 49.4 Å². The highest BCUT2D eigenvalue weighted by Gasteiger charge is 2.11. The van der Waals surface area contributed by atoms with Crippen molar-refractivity contribution >= 4 is 11.6 Å². The van der Waals surface area contributed by atoms with E-state index in [0.29, 0.717) is 11.4 Å². The number of hydrogen-bond acceptors (Lipinski definition) is 3. The van der Waals surface area contributed by atoms with Crippen molar-refractivity contribution in [1.82, 2.24) is 0 Å². The average Bonchev–Trinajstić information content (AvgIpc) is 2.43. The zero-order valence-corrected chi connectivity index (χ0v) is 12.4. The number of rotatable bonds is 5. The summed E-state index contributed by atoms with van der Waals surface area (Å²) in [5.74, 6) is 2.26. The van der Waals surface area contributed by atoms with Crippen LogP contribution in [-0.2, 0) is 6.42 Å². The number of methoxy groups -OCH3 is 1. The van der Waals surface area contributed by atoms with Crippen LogP contribution in [0.5, 0.6) is 17.2 Å². The van der Waals surface area contributed by atoms with E-state index in [9.17, 15) is 0 Å². The first-order valence-electron chi connectivity index (χ1n) is 6.45. The lowest BCUT2D eigenvalue weighted by Gasteiger charge is -2.14. The highest BCUT2D eigenvalue weighted by molar-refractivity contribution is 6.31. The van der Waals surface area contributed by atoms with Gasteiger partial charge in [0.25, 0.3) is 0 Å². The summed E-state index contributed by atoms with van der Waals surface area (Å²) in [5, 5.41) is 0.674. The van der Waals surface area contributed by atoms with Crippen LogP contribution in [0.2, 0.25) is 5.02 Å². The molecule has 2 rings (SSSR count). The largest absolute Gasteiger partial charge is 0.497 e.